The van der Waals surface area contributed by atoms with Gasteiger partial charge in [-0.3, -0.25) is 9.59 Å². The zero-order valence-corrected chi connectivity index (χ0v) is 17.8. The number of rotatable bonds is 5. The molecule has 8 nitrogen and oxygen atoms in total. The number of ether oxygens (including phenoxy) is 1. The lowest BCUT2D eigenvalue weighted by atomic mass is 9.98. The van der Waals surface area contributed by atoms with E-state index in [2.05, 4.69) is 4.74 Å². The number of aliphatic hydroxyl groups is 1. The first-order valence-electron chi connectivity index (χ1n) is 9.92. The highest BCUT2D eigenvalue weighted by Gasteiger charge is 2.28. The van der Waals surface area contributed by atoms with E-state index in [-0.39, 0.29) is 12.5 Å². The lowest BCUT2D eigenvalue weighted by Crippen LogP contribution is -2.38. The van der Waals surface area contributed by atoms with Gasteiger partial charge in [-0.25, -0.2) is 4.79 Å². The number of primary amides is 1. The summed E-state index contributed by atoms with van der Waals surface area (Å²) in [6, 6.07) is 15.8. The maximum absolute atomic E-state index is 12.3. The molecule has 3 rings (SSSR count). The molecule has 33 heavy (non-hydrogen) atoms. The minimum atomic E-state index is -4.52. The van der Waals surface area contributed by atoms with Crippen molar-refractivity contribution in [3.63, 3.8) is 0 Å². The molecule has 0 aliphatic carbocycles. The van der Waals surface area contributed by atoms with Crippen LogP contribution in [0.5, 0.6) is 0 Å². The Kier molecular flexibility index (Phi) is 8.80. The van der Waals surface area contributed by atoms with E-state index < -0.39 is 30.8 Å². The number of alkyl carbamates (subject to hydrolysis) is 1. The predicted octanol–water partition coefficient (Wildman–Crippen LogP) is 2.38. The third kappa shape index (κ3) is 7.49. The van der Waals surface area contributed by atoms with Crippen molar-refractivity contribution in [1.29, 1.82) is 0 Å². The van der Waals surface area contributed by atoms with Gasteiger partial charge in [0.2, 0.25) is 5.91 Å². The number of fused-ring (bicyclic) bond motifs is 3. The summed E-state index contributed by atoms with van der Waals surface area (Å²) in [4.78, 5) is 34.9. The molecule has 0 spiro atoms. The molecule has 0 saturated carbocycles. The summed E-state index contributed by atoms with van der Waals surface area (Å²) in [5.74, 6) is -0.904. The first-order chi connectivity index (χ1) is 15.5. The van der Waals surface area contributed by atoms with Gasteiger partial charge >= 0.3 is 12.3 Å². The van der Waals surface area contributed by atoms with Crippen molar-refractivity contribution in [2.45, 2.75) is 25.6 Å². The van der Waals surface area contributed by atoms with Crippen molar-refractivity contribution in [2.75, 3.05) is 24.6 Å². The average Bonchev–Trinajstić information content (AvgIpc) is 2.87. The third-order valence-electron chi connectivity index (χ3n) is 4.59. The first kappa shape index (κ1) is 25.7. The Morgan fingerprint density at radius 1 is 1.15 bits per heavy atom. The van der Waals surface area contributed by atoms with Crippen LogP contribution in [0.3, 0.4) is 0 Å². The summed E-state index contributed by atoms with van der Waals surface area (Å²) in [7, 11) is 0. The summed E-state index contributed by atoms with van der Waals surface area (Å²) >= 11 is 0. The fraction of sp³-hybridized carbons (Fsp3) is 0.318. The molecule has 1 heterocycles. The lowest BCUT2D eigenvalue weighted by Gasteiger charge is -2.21. The minimum absolute atomic E-state index is 0.0313. The number of alkyl halides is 3. The van der Waals surface area contributed by atoms with Crippen molar-refractivity contribution >= 4 is 23.6 Å². The Morgan fingerprint density at radius 2 is 1.76 bits per heavy atom. The first-order valence-corrected chi connectivity index (χ1v) is 9.92. The van der Waals surface area contributed by atoms with Crippen LogP contribution < -0.4 is 16.0 Å². The molecule has 0 aromatic heterocycles. The van der Waals surface area contributed by atoms with Crippen molar-refractivity contribution in [3.05, 3.63) is 54.1 Å². The van der Waals surface area contributed by atoms with E-state index in [1.54, 1.807) is 4.90 Å². The number of hydrogen-bond acceptors (Lipinski definition) is 5. The fourth-order valence-corrected chi connectivity index (χ4v) is 3.04. The maximum atomic E-state index is 12.3. The quantitative estimate of drug-likeness (QED) is 0.623. The summed E-state index contributed by atoms with van der Waals surface area (Å²) in [6.45, 7) is -0.0624. The number of benzene rings is 2. The van der Waals surface area contributed by atoms with E-state index in [4.69, 9.17) is 5.73 Å². The number of carbonyl (C=O) groups excluding carboxylic acids is 3. The van der Waals surface area contributed by atoms with Gasteiger partial charge in [-0.2, -0.15) is 13.2 Å². The number of para-hydroxylation sites is 1. The van der Waals surface area contributed by atoms with Crippen molar-refractivity contribution in [1.82, 2.24) is 5.32 Å². The second-order valence-corrected chi connectivity index (χ2v) is 7.04. The molecule has 2 aromatic rings. The topological polar surface area (TPSA) is 122 Å². The smallest absolute Gasteiger partial charge is 0.408 e. The third-order valence-corrected chi connectivity index (χ3v) is 4.59. The number of amides is 3. The standard InChI is InChI=1S/C16H15NO2.C6H9F3N2O3/c18-10-9-17-15-8-4-3-7-14(15)13-6-2-1-5-12(13)11-16(17)19;1-3(4(10)12)14-5(13)11-2-6(7,8)9/h1-8,18H,9-11H2;3H,2H2,1H3,(H2,10,12)(H,11,13)/t;3-/m.0/s1. The number of nitrogens with zero attached hydrogens (tertiary/aromatic N) is 1. The van der Waals surface area contributed by atoms with Crippen LogP contribution in [0.1, 0.15) is 12.5 Å². The summed E-state index contributed by atoms with van der Waals surface area (Å²) < 4.78 is 38.8. The molecule has 11 heteroatoms. The molecule has 0 fully saturated rings. The van der Waals surface area contributed by atoms with Crippen LogP contribution in [0.2, 0.25) is 0 Å². The van der Waals surface area contributed by atoms with Gasteiger partial charge in [0.1, 0.15) is 6.54 Å². The van der Waals surface area contributed by atoms with Crippen LogP contribution in [-0.2, 0) is 20.7 Å². The molecule has 1 aliphatic heterocycles. The number of carbonyl (C=O) groups is 3. The van der Waals surface area contributed by atoms with Crippen LogP contribution in [0.15, 0.2) is 48.5 Å². The Balaban J connectivity index is 0.000000248. The van der Waals surface area contributed by atoms with Crippen LogP contribution >= 0.6 is 0 Å². The Labute approximate surface area is 188 Å². The highest BCUT2D eigenvalue weighted by atomic mass is 19.4. The van der Waals surface area contributed by atoms with E-state index >= 15 is 0 Å². The van der Waals surface area contributed by atoms with Gasteiger partial charge in [0.25, 0.3) is 5.91 Å². The molecule has 0 radical (unpaired) electrons. The molecular weight excluding hydrogens is 443 g/mol. The van der Waals surface area contributed by atoms with E-state index in [1.165, 1.54) is 5.32 Å². The number of halogens is 3. The molecule has 1 aliphatic rings. The largest absolute Gasteiger partial charge is 0.436 e. The van der Waals surface area contributed by atoms with Gasteiger partial charge in [-0.15, -0.1) is 0 Å². The van der Waals surface area contributed by atoms with Crippen molar-refractivity contribution in [3.8, 4) is 11.1 Å². The molecule has 0 saturated heterocycles. The molecule has 0 bridgehead atoms. The van der Waals surface area contributed by atoms with Gasteiger partial charge in [0, 0.05) is 12.1 Å². The second kappa shape index (κ2) is 11.3. The summed E-state index contributed by atoms with van der Waals surface area (Å²) in [5, 5.41) is 10.6. The average molecular weight is 467 g/mol. The molecule has 0 unspecified atom stereocenters. The highest BCUT2D eigenvalue weighted by molar-refractivity contribution is 6.02. The highest BCUT2D eigenvalue weighted by Crippen LogP contribution is 2.36. The second-order valence-electron chi connectivity index (χ2n) is 7.04. The van der Waals surface area contributed by atoms with Gasteiger partial charge in [0.05, 0.1) is 18.7 Å². The van der Waals surface area contributed by atoms with Crippen LogP contribution in [0.25, 0.3) is 11.1 Å². The monoisotopic (exact) mass is 467 g/mol. The van der Waals surface area contributed by atoms with Crippen LogP contribution in [0.4, 0.5) is 23.7 Å². The van der Waals surface area contributed by atoms with E-state index in [1.807, 2.05) is 48.5 Å². The van der Waals surface area contributed by atoms with Crippen molar-refractivity contribution < 1.29 is 37.4 Å². The maximum Gasteiger partial charge on any atom is 0.408 e. The Hall–Kier alpha value is -3.60. The number of anilines is 1. The number of hydrogen-bond donors (Lipinski definition) is 3. The molecule has 2 aromatic carbocycles. The van der Waals surface area contributed by atoms with Crippen LogP contribution in [0, 0.1) is 0 Å². The summed E-state index contributed by atoms with van der Waals surface area (Å²) in [5.41, 5.74) is 8.78. The Morgan fingerprint density at radius 3 is 2.36 bits per heavy atom. The lowest BCUT2D eigenvalue weighted by molar-refractivity contribution is -0.127. The SMILES string of the molecule is C[C@H](OC(=O)NCC(F)(F)F)C(N)=O.O=C1Cc2ccccc2-c2ccccc2N1CCO. The predicted molar refractivity (Wildman–Crippen MR) is 114 cm³/mol. The zero-order valence-electron chi connectivity index (χ0n) is 17.8. The fourth-order valence-electron chi connectivity index (χ4n) is 3.04. The number of β-amino-alcohol motifs (C(OH)–C–C–N with tert-alkyl or cyclic N) is 1. The van der Waals surface area contributed by atoms with E-state index in [9.17, 15) is 32.7 Å². The summed E-state index contributed by atoms with van der Waals surface area (Å²) in [6.07, 6.45) is -6.74. The molecular formula is C22H24F3N3O5. The molecule has 1 atom stereocenters. The van der Waals surface area contributed by atoms with E-state index in [0.717, 1.165) is 29.3 Å². The van der Waals surface area contributed by atoms with Gasteiger partial charge in [-0.05, 0) is 24.1 Å². The molecule has 3 amide bonds. The zero-order chi connectivity index (χ0) is 24.6. The minimum Gasteiger partial charge on any atom is -0.436 e. The molecule has 178 valence electrons. The van der Waals surface area contributed by atoms with Crippen LogP contribution in [-0.4, -0.2) is 55.0 Å². The Bertz CT molecular complexity index is 997. The van der Waals surface area contributed by atoms with Gasteiger partial charge in [-0.1, -0.05) is 42.5 Å². The van der Waals surface area contributed by atoms with Crippen molar-refractivity contribution in [2.24, 2.45) is 5.73 Å². The number of nitrogens with two attached hydrogens (primary N) is 1. The van der Waals surface area contributed by atoms with Gasteiger partial charge in [0.15, 0.2) is 6.10 Å². The molecule has 4 N–H and O–H groups in total. The normalized spacial score (nSPS) is 13.5. The van der Waals surface area contributed by atoms with Gasteiger partial charge < -0.3 is 25.8 Å². The van der Waals surface area contributed by atoms with E-state index in [0.29, 0.717) is 13.0 Å². The number of aliphatic hydroxyl groups excluding tert-OH is 1. The number of nitrogens with one attached hydrogen (secondary N) is 1.